The second kappa shape index (κ2) is 4.45. The highest BCUT2D eigenvalue weighted by Crippen LogP contribution is 2.20. The molecule has 0 radical (unpaired) electrons. The lowest BCUT2D eigenvalue weighted by molar-refractivity contribution is -0.140. The lowest BCUT2D eigenvalue weighted by atomic mass is 9.89. The molecule has 0 amide bonds. The van der Waals surface area contributed by atoms with Crippen LogP contribution in [0.3, 0.4) is 0 Å². The van der Waals surface area contributed by atoms with Gasteiger partial charge in [0.25, 0.3) is 0 Å². The van der Waals surface area contributed by atoms with Crippen LogP contribution in [0, 0.1) is 5.92 Å². The molecule has 0 aromatic rings. The molecule has 1 rings (SSSR count). The van der Waals surface area contributed by atoms with Crippen LogP contribution in [0.25, 0.3) is 0 Å². The SMILES string of the molecule is CCCC1CCNC(C(=O)O)C1. The summed E-state index contributed by atoms with van der Waals surface area (Å²) in [5.41, 5.74) is 0. The molecule has 1 heterocycles. The third kappa shape index (κ3) is 2.48. The summed E-state index contributed by atoms with van der Waals surface area (Å²) in [7, 11) is 0. The molecule has 2 atom stereocenters. The van der Waals surface area contributed by atoms with Gasteiger partial charge < -0.3 is 10.4 Å². The van der Waals surface area contributed by atoms with Gasteiger partial charge in [-0.2, -0.15) is 0 Å². The normalized spacial score (nSPS) is 30.1. The van der Waals surface area contributed by atoms with Gasteiger partial charge in [-0.3, -0.25) is 4.79 Å². The van der Waals surface area contributed by atoms with Gasteiger partial charge in [0, 0.05) is 0 Å². The molecule has 2 unspecified atom stereocenters. The standard InChI is InChI=1S/C9H17NO2/c1-2-3-7-4-5-10-8(6-7)9(11)12/h7-8,10H,2-6H2,1H3,(H,11,12). The molecule has 1 aliphatic heterocycles. The van der Waals surface area contributed by atoms with Gasteiger partial charge in [-0.25, -0.2) is 0 Å². The van der Waals surface area contributed by atoms with Gasteiger partial charge in [-0.15, -0.1) is 0 Å². The highest BCUT2D eigenvalue weighted by atomic mass is 16.4. The predicted octanol–water partition coefficient (Wildman–Crippen LogP) is 1.24. The van der Waals surface area contributed by atoms with Crippen molar-refractivity contribution in [2.45, 2.75) is 38.6 Å². The summed E-state index contributed by atoms with van der Waals surface area (Å²) in [6.07, 6.45) is 4.28. The summed E-state index contributed by atoms with van der Waals surface area (Å²) >= 11 is 0. The van der Waals surface area contributed by atoms with Crippen molar-refractivity contribution in [3.8, 4) is 0 Å². The molecule has 3 heteroatoms. The quantitative estimate of drug-likeness (QED) is 0.671. The Morgan fingerprint density at radius 2 is 2.42 bits per heavy atom. The van der Waals surface area contributed by atoms with Crippen LogP contribution < -0.4 is 5.32 Å². The number of hydrogen-bond acceptors (Lipinski definition) is 2. The lowest BCUT2D eigenvalue weighted by Crippen LogP contribution is -2.43. The van der Waals surface area contributed by atoms with Crippen LogP contribution in [0.2, 0.25) is 0 Å². The van der Waals surface area contributed by atoms with Crippen LogP contribution >= 0.6 is 0 Å². The smallest absolute Gasteiger partial charge is 0.320 e. The second-order valence-electron chi connectivity index (χ2n) is 3.52. The van der Waals surface area contributed by atoms with Crippen LogP contribution in [0.1, 0.15) is 32.6 Å². The van der Waals surface area contributed by atoms with E-state index in [-0.39, 0.29) is 6.04 Å². The van der Waals surface area contributed by atoms with Crippen molar-refractivity contribution < 1.29 is 9.90 Å². The number of rotatable bonds is 3. The van der Waals surface area contributed by atoms with Gasteiger partial charge in [0.15, 0.2) is 0 Å². The van der Waals surface area contributed by atoms with E-state index in [1.807, 2.05) is 0 Å². The second-order valence-corrected chi connectivity index (χ2v) is 3.52. The van der Waals surface area contributed by atoms with Crippen LogP contribution in [-0.4, -0.2) is 23.7 Å². The van der Waals surface area contributed by atoms with Gasteiger partial charge >= 0.3 is 5.97 Å². The molecule has 0 aliphatic carbocycles. The van der Waals surface area contributed by atoms with Crippen molar-refractivity contribution in [2.75, 3.05) is 6.54 Å². The molecule has 1 saturated heterocycles. The zero-order valence-corrected chi connectivity index (χ0v) is 7.55. The Bertz CT molecular complexity index is 157. The summed E-state index contributed by atoms with van der Waals surface area (Å²) in [6, 6.07) is -0.296. The summed E-state index contributed by atoms with van der Waals surface area (Å²) < 4.78 is 0. The Morgan fingerprint density at radius 1 is 1.67 bits per heavy atom. The minimum atomic E-state index is -0.698. The molecule has 0 aromatic carbocycles. The highest BCUT2D eigenvalue weighted by molar-refractivity contribution is 5.73. The first-order valence-electron chi connectivity index (χ1n) is 4.70. The number of hydrogen-bond donors (Lipinski definition) is 2. The molecule has 0 spiro atoms. The molecule has 3 nitrogen and oxygen atoms in total. The van der Waals surface area contributed by atoms with Gasteiger partial charge in [0.05, 0.1) is 0 Å². The molecule has 1 fully saturated rings. The van der Waals surface area contributed by atoms with Crippen molar-refractivity contribution in [1.29, 1.82) is 0 Å². The largest absolute Gasteiger partial charge is 0.480 e. The maximum absolute atomic E-state index is 10.6. The fourth-order valence-corrected chi connectivity index (χ4v) is 1.85. The summed E-state index contributed by atoms with van der Waals surface area (Å²) in [6.45, 7) is 3.01. The zero-order valence-electron chi connectivity index (χ0n) is 7.55. The first-order chi connectivity index (χ1) is 5.74. The average Bonchev–Trinajstić information content (AvgIpc) is 2.05. The van der Waals surface area contributed by atoms with Gasteiger partial charge in [-0.05, 0) is 25.3 Å². The minimum Gasteiger partial charge on any atom is -0.480 e. The van der Waals surface area contributed by atoms with Crippen molar-refractivity contribution in [3.63, 3.8) is 0 Å². The van der Waals surface area contributed by atoms with Crippen molar-refractivity contribution in [1.82, 2.24) is 5.32 Å². The number of nitrogens with one attached hydrogen (secondary N) is 1. The Kier molecular flexibility index (Phi) is 3.53. The topological polar surface area (TPSA) is 49.3 Å². The van der Waals surface area contributed by atoms with E-state index in [1.54, 1.807) is 0 Å². The van der Waals surface area contributed by atoms with E-state index in [0.717, 1.165) is 25.8 Å². The number of carboxylic acid groups (broad SMARTS) is 1. The molecular weight excluding hydrogens is 154 g/mol. The number of carboxylic acids is 1. The lowest BCUT2D eigenvalue weighted by Gasteiger charge is -2.27. The predicted molar refractivity (Wildman–Crippen MR) is 47.1 cm³/mol. The molecule has 2 N–H and O–H groups in total. The number of piperidine rings is 1. The average molecular weight is 171 g/mol. The van der Waals surface area contributed by atoms with Crippen molar-refractivity contribution in [3.05, 3.63) is 0 Å². The van der Waals surface area contributed by atoms with Crippen LogP contribution in [0.5, 0.6) is 0 Å². The first kappa shape index (κ1) is 9.52. The molecule has 70 valence electrons. The van der Waals surface area contributed by atoms with Crippen LogP contribution in [0.15, 0.2) is 0 Å². The molecule has 0 bridgehead atoms. The van der Waals surface area contributed by atoms with E-state index >= 15 is 0 Å². The Morgan fingerprint density at radius 3 is 3.00 bits per heavy atom. The van der Waals surface area contributed by atoms with E-state index in [4.69, 9.17) is 5.11 Å². The zero-order chi connectivity index (χ0) is 8.97. The molecule has 0 saturated carbocycles. The summed E-state index contributed by atoms with van der Waals surface area (Å²) in [5.74, 6) is -0.0758. The fourth-order valence-electron chi connectivity index (χ4n) is 1.85. The van der Waals surface area contributed by atoms with Crippen molar-refractivity contribution >= 4 is 5.97 Å². The van der Waals surface area contributed by atoms with E-state index in [1.165, 1.54) is 6.42 Å². The fraction of sp³-hybridized carbons (Fsp3) is 0.889. The minimum absolute atomic E-state index is 0.296. The van der Waals surface area contributed by atoms with Gasteiger partial charge in [-0.1, -0.05) is 19.8 Å². The number of aliphatic carboxylic acids is 1. The van der Waals surface area contributed by atoms with Gasteiger partial charge in [0.1, 0.15) is 6.04 Å². The van der Waals surface area contributed by atoms with E-state index < -0.39 is 5.97 Å². The molecule has 0 aromatic heterocycles. The van der Waals surface area contributed by atoms with E-state index in [0.29, 0.717) is 5.92 Å². The van der Waals surface area contributed by atoms with E-state index in [2.05, 4.69) is 12.2 Å². The van der Waals surface area contributed by atoms with Crippen molar-refractivity contribution in [2.24, 2.45) is 5.92 Å². The Labute approximate surface area is 73.2 Å². The first-order valence-corrected chi connectivity index (χ1v) is 4.70. The Hall–Kier alpha value is -0.570. The number of carbonyl (C=O) groups is 1. The third-order valence-electron chi connectivity index (χ3n) is 2.51. The van der Waals surface area contributed by atoms with Gasteiger partial charge in [0.2, 0.25) is 0 Å². The summed E-state index contributed by atoms with van der Waals surface area (Å²) in [4.78, 5) is 10.6. The monoisotopic (exact) mass is 171 g/mol. The third-order valence-corrected chi connectivity index (χ3v) is 2.51. The Balaban J connectivity index is 2.35. The summed E-state index contributed by atoms with van der Waals surface area (Å²) in [5, 5.41) is 11.8. The van der Waals surface area contributed by atoms with Crippen LogP contribution in [0.4, 0.5) is 0 Å². The maximum atomic E-state index is 10.6. The molecular formula is C9H17NO2. The van der Waals surface area contributed by atoms with Crippen LogP contribution in [-0.2, 0) is 4.79 Å². The highest BCUT2D eigenvalue weighted by Gasteiger charge is 2.25. The molecule has 1 aliphatic rings. The van der Waals surface area contributed by atoms with E-state index in [9.17, 15) is 4.79 Å². The maximum Gasteiger partial charge on any atom is 0.320 e. The molecule has 12 heavy (non-hydrogen) atoms.